The Hall–Kier alpha value is -1.72. The Morgan fingerprint density at radius 1 is 1.25 bits per heavy atom. The van der Waals surface area contributed by atoms with Crippen LogP contribution >= 0.6 is 0 Å². The molecule has 2 aromatic rings. The molecule has 2 heterocycles. The number of hydrogen-bond donors (Lipinski definition) is 0. The maximum Gasteiger partial charge on any atom is 0.229 e. The van der Waals surface area contributed by atoms with Crippen molar-refractivity contribution < 1.29 is 9.26 Å². The highest BCUT2D eigenvalue weighted by molar-refractivity contribution is 5.15. The molecule has 2 aliphatic rings. The summed E-state index contributed by atoms with van der Waals surface area (Å²) in [5.74, 6) is 2.56. The van der Waals surface area contributed by atoms with Crippen molar-refractivity contribution in [2.24, 2.45) is 5.92 Å². The predicted molar refractivity (Wildman–Crippen MR) is 90.4 cm³/mol. The predicted octanol–water partition coefficient (Wildman–Crippen LogP) is 3.55. The lowest BCUT2D eigenvalue weighted by molar-refractivity contribution is -0.0676. The van der Waals surface area contributed by atoms with Gasteiger partial charge in [0.05, 0.1) is 6.61 Å². The number of ether oxygens (including phenoxy) is 1. The molecule has 1 aliphatic carbocycles. The fourth-order valence-corrected chi connectivity index (χ4v) is 3.36. The van der Waals surface area contributed by atoms with Gasteiger partial charge in [-0.25, -0.2) is 0 Å². The SMILES string of the molecule is CC(c1nc(C2CN(Cc3ccccc3)[C@@H](C)CO2)no1)C1CC1. The third-order valence-corrected chi connectivity index (χ3v) is 5.25. The number of rotatable bonds is 5. The lowest BCUT2D eigenvalue weighted by Crippen LogP contribution is -2.44. The number of benzene rings is 1. The standard InChI is InChI=1S/C19H25N3O2/c1-13-12-23-17(11-22(13)10-15-6-4-3-5-7-15)18-20-19(24-21-18)14(2)16-8-9-16/h3-7,13-14,16-17H,8-12H2,1-2H3/t13-,14?,17?/m0/s1. The zero-order valence-corrected chi connectivity index (χ0v) is 14.4. The van der Waals surface area contributed by atoms with E-state index in [1.165, 1.54) is 18.4 Å². The second-order valence-corrected chi connectivity index (χ2v) is 7.20. The van der Waals surface area contributed by atoms with E-state index in [0.717, 1.165) is 24.9 Å². The highest BCUT2D eigenvalue weighted by atomic mass is 16.5. The first-order valence-corrected chi connectivity index (χ1v) is 8.94. The Morgan fingerprint density at radius 3 is 2.79 bits per heavy atom. The molecular formula is C19H25N3O2. The van der Waals surface area contributed by atoms with E-state index >= 15 is 0 Å². The summed E-state index contributed by atoms with van der Waals surface area (Å²) >= 11 is 0. The fraction of sp³-hybridized carbons (Fsp3) is 0.579. The summed E-state index contributed by atoms with van der Waals surface area (Å²) in [7, 11) is 0. The first kappa shape index (κ1) is 15.8. The molecule has 4 rings (SSSR count). The van der Waals surface area contributed by atoms with Crippen molar-refractivity contribution >= 4 is 0 Å². The van der Waals surface area contributed by atoms with Crippen LogP contribution in [0.1, 0.15) is 56.0 Å². The molecule has 1 saturated carbocycles. The molecule has 0 bridgehead atoms. The summed E-state index contributed by atoms with van der Waals surface area (Å²) in [6, 6.07) is 10.9. The number of hydrogen-bond acceptors (Lipinski definition) is 5. The monoisotopic (exact) mass is 327 g/mol. The van der Waals surface area contributed by atoms with Crippen LogP contribution in [-0.2, 0) is 11.3 Å². The summed E-state index contributed by atoms with van der Waals surface area (Å²) in [5, 5.41) is 4.20. The van der Waals surface area contributed by atoms with E-state index in [-0.39, 0.29) is 6.10 Å². The van der Waals surface area contributed by atoms with Crippen LogP contribution in [0.15, 0.2) is 34.9 Å². The number of nitrogens with zero attached hydrogens (tertiary/aromatic N) is 3. The van der Waals surface area contributed by atoms with Crippen molar-refractivity contribution in [3.63, 3.8) is 0 Å². The van der Waals surface area contributed by atoms with Gasteiger partial charge in [-0.2, -0.15) is 4.98 Å². The molecule has 0 N–H and O–H groups in total. The highest BCUT2D eigenvalue weighted by Gasteiger charge is 2.35. The molecule has 0 radical (unpaired) electrons. The van der Waals surface area contributed by atoms with Gasteiger partial charge in [0.2, 0.25) is 11.7 Å². The Morgan fingerprint density at radius 2 is 2.04 bits per heavy atom. The van der Waals surface area contributed by atoms with Gasteiger partial charge in [-0.1, -0.05) is 42.4 Å². The van der Waals surface area contributed by atoms with Crippen LogP contribution in [0.2, 0.25) is 0 Å². The molecule has 0 amide bonds. The van der Waals surface area contributed by atoms with Crippen molar-refractivity contribution in [2.45, 2.75) is 51.3 Å². The topological polar surface area (TPSA) is 51.4 Å². The molecular weight excluding hydrogens is 302 g/mol. The van der Waals surface area contributed by atoms with Gasteiger partial charge in [0.1, 0.15) is 6.10 Å². The van der Waals surface area contributed by atoms with Gasteiger partial charge in [-0.05, 0) is 31.2 Å². The van der Waals surface area contributed by atoms with Crippen molar-refractivity contribution in [1.82, 2.24) is 15.0 Å². The van der Waals surface area contributed by atoms with E-state index in [2.05, 4.69) is 59.2 Å². The summed E-state index contributed by atoms with van der Waals surface area (Å²) in [6.07, 6.45) is 2.45. The molecule has 0 spiro atoms. The summed E-state index contributed by atoms with van der Waals surface area (Å²) in [4.78, 5) is 7.07. The molecule has 5 heteroatoms. The average Bonchev–Trinajstić information content (AvgIpc) is 3.34. The van der Waals surface area contributed by atoms with Crippen LogP contribution in [0.4, 0.5) is 0 Å². The lowest BCUT2D eigenvalue weighted by Gasteiger charge is -2.36. The van der Waals surface area contributed by atoms with E-state index in [4.69, 9.17) is 9.26 Å². The first-order valence-electron chi connectivity index (χ1n) is 8.94. The smallest absolute Gasteiger partial charge is 0.229 e. The lowest BCUT2D eigenvalue weighted by atomic mass is 10.1. The molecule has 128 valence electrons. The summed E-state index contributed by atoms with van der Waals surface area (Å²) < 4.78 is 11.5. The Balaban J connectivity index is 1.44. The van der Waals surface area contributed by atoms with Gasteiger partial charge in [0.25, 0.3) is 0 Å². The van der Waals surface area contributed by atoms with Gasteiger partial charge in [0.15, 0.2) is 0 Å². The Kier molecular flexibility index (Phi) is 4.37. The van der Waals surface area contributed by atoms with E-state index in [1.807, 2.05) is 0 Å². The van der Waals surface area contributed by atoms with E-state index in [1.54, 1.807) is 0 Å². The third-order valence-electron chi connectivity index (χ3n) is 5.25. The fourth-order valence-electron chi connectivity index (χ4n) is 3.36. The molecule has 5 nitrogen and oxygen atoms in total. The molecule has 1 aromatic heterocycles. The van der Waals surface area contributed by atoms with Crippen molar-refractivity contribution in [1.29, 1.82) is 0 Å². The Labute approximate surface area is 143 Å². The van der Waals surface area contributed by atoms with Crippen LogP contribution < -0.4 is 0 Å². The van der Waals surface area contributed by atoms with Gasteiger partial charge in [-0.15, -0.1) is 0 Å². The minimum absolute atomic E-state index is 0.103. The highest BCUT2D eigenvalue weighted by Crippen LogP contribution is 2.41. The van der Waals surface area contributed by atoms with Crippen LogP contribution in [0.25, 0.3) is 0 Å². The number of morpholine rings is 1. The molecule has 1 saturated heterocycles. The maximum atomic E-state index is 5.99. The molecule has 2 unspecified atom stereocenters. The van der Waals surface area contributed by atoms with Crippen molar-refractivity contribution in [2.75, 3.05) is 13.2 Å². The van der Waals surface area contributed by atoms with Crippen LogP contribution in [0.3, 0.4) is 0 Å². The second-order valence-electron chi connectivity index (χ2n) is 7.20. The van der Waals surface area contributed by atoms with Gasteiger partial charge >= 0.3 is 0 Å². The minimum Gasteiger partial charge on any atom is -0.367 e. The molecule has 3 atom stereocenters. The first-order chi connectivity index (χ1) is 11.7. The largest absolute Gasteiger partial charge is 0.367 e. The average molecular weight is 327 g/mol. The van der Waals surface area contributed by atoms with Gasteiger partial charge in [-0.3, -0.25) is 4.90 Å². The molecule has 24 heavy (non-hydrogen) atoms. The molecule has 2 fully saturated rings. The molecule has 1 aromatic carbocycles. The van der Waals surface area contributed by atoms with Crippen LogP contribution in [0, 0.1) is 5.92 Å². The number of aromatic nitrogens is 2. The maximum absolute atomic E-state index is 5.99. The van der Waals surface area contributed by atoms with Gasteiger partial charge < -0.3 is 9.26 Å². The summed E-state index contributed by atoms with van der Waals surface area (Å²) in [6.45, 7) is 6.80. The van der Waals surface area contributed by atoms with Crippen molar-refractivity contribution in [3.8, 4) is 0 Å². The Bertz CT molecular complexity index is 668. The zero-order valence-electron chi connectivity index (χ0n) is 14.4. The van der Waals surface area contributed by atoms with Gasteiger partial charge in [0, 0.05) is 25.0 Å². The van der Waals surface area contributed by atoms with E-state index < -0.39 is 0 Å². The minimum atomic E-state index is -0.103. The summed E-state index contributed by atoms with van der Waals surface area (Å²) in [5.41, 5.74) is 1.32. The van der Waals surface area contributed by atoms with E-state index in [9.17, 15) is 0 Å². The normalized spacial score (nSPS) is 26.4. The van der Waals surface area contributed by atoms with Crippen LogP contribution in [-0.4, -0.2) is 34.2 Å². The second kappa shape index (κ2) is 6.65. The van der Waals surface area contributed by atoms with Crippen LogP contribution in [0.5, 0.6) is 0 Å². The van der Waals surface area contributed by atoms with E-state index in [0.29, 0.717) is 24.4 Å². The van der Waals surface area contributed by atoms with Crippen molar-refractivity contribution in [3.05, 3.63) is 47.6 Å². The quantitative estimate of drug-likeness (QED) is 0.840. The zero-order chi connectivity index (χ0) is 16.5. The third kappa shape index (κ3) is 3.37. The molecule has 1 aliphatic heterocycles.